The number of hydrogen-bond donors (Lipinski definition) is 1. The van der Waals surface area contributed by atoms with Gasteiger partial charge in [-0.1, -0.05) is 26.8 Å². The molecule has 106 valence electrons. The number of aryl methyl sites for hydroxylation is 1. The molecule has 0 saturated carbocycles. The molecule has 0 aliphatic heterocycles. The number of methoxy groups -OCH3 is 1. The molecule has 20 heavy (non-hydrogen) atoms. The molecule has 2 rings (SSSR count). The zero-order valence-corrected chi connectivity index (χ0v) is 12.6. The summed E-state index contributed by atoms with van der Waals surface area (Å²) >= 11 is 0. The van der Waals surface area contributed by atoms with Gasteiger partial charge < -0.3 is 9.72 Å². The van der Waals surface area contributed by atoms with Crippen LogP contribution in [-0.4, -0.2) is 17.1 Å². The Labute approximate surface area is 118 Å². The maximum atomic E-state index is 11.9. The molecule has 0 aliphatic rings. The number of nitrogens with zero attached hydrogens (tertiary/aromatic N) is 1. The van der Waals surface area contributed by atoms with Gasteiger partial charge in [0.25, 0.3) is 5.56 Å². The minimum Gasteiger partial charge on any atom is -0.496 e. The van der Waals surface area contributed by atoms with Gasteiger partial charge in [-0.3, -0.25) is 4.79 Å². The van der Waals surface area contributed by atoms with E-state index in [1.165, 1.54) is 0 Å². The fraction of sp³-hybridized carbons (Fsp3) is 0.375. The number of ether oxygens (including phenoxy) is 1. The van der Waals surface area contributed by atoms with Crippen molar-refractivity contribution in [2.75, 3.05) is 7.11 Å². The van der Waals surface area contributed by atoms with E-state index in [4.69, 9.17) is 4.74 Å². The lowest BCUT2D eigenvalue weighted by Gasteiger charge is -2.18. The molecule has 1 N–H and O–H groups in total. The van der Waals surface area contributed by atoms with E-state index in [1.807, 2.05) is 45.9 Å². The van der Waals surface area contributed by atoms with Crippen LogP contribution in [0.1, 0.15) is 32.0 Å². The van der Waals surface area contributed by atoms with Crippen molar-refractivity contribution in [2.24, 2.45) is 0 Å². The largest absolute Gasteiger partial charge is 0.496 e. The topological polar surface area (TPSA) is 55.0 Å². The summed E-state index contributed by atoms with van der Waals surface area (Å²) in [6, 6.07) is 7.36. The number of benzene rings is 1. The first-order chi connectivity index (χ1) is 9.31. The molecular weight excluding hydrogens is 252 g/mol. The minimum atomic E-state index is -0.180. The molecule has 0 atom stereocenters. The van der Waals surface area contributed by atoms with Crippen molar-refractivity contribution in [1.82, 2.24) is 9.97 Å². The standard InChI is InChI=1S/C16H20N2O2/c1-10-6-7-11(12(8-10)20-5)15-17-13(16(2,3)4)9-14(19)18-15/h6-9H,1-5H3,(H,17,18,19). The predicted octanol–water partition coefficient (Wildman–Crippen LogP) is 3.05. The Kier molecular flexibility index (Phi) is 3.66. The number of nitrogens with one attached hydrogen (secondary N) is 1. The SMILES string of the molecule is COc1cc(C)ccc1-c1nc(C(C)(C)C)cc(=O)[nH]1. The lowest BCUT2D eigenvalue weighted by Crippen LogP contribution is -2.20. The van der Waals surface area contributed by atoms with E-state index in [1.54, 1.807) is 13.2 Å². The second-order valence-electron chi connectivity index (χ2n) is 5.93. The van der Waals surface area contributed by atoms with Crippen LogP contribution < -0.4 is 10.3 Å². The molecule has 0 aliphatic carbocycles. The number of rotatable bonds is 2. The molecule has 0 unspecified atom stereocenters. The number of H-pyrrole nitrogens is 1. The molecule has 4 heteroatoms. The third-order valence-electron chi connectivity index (χ3n) is 3.12. The van der Waals surface area contributed by atoms with Gasteiger partial charge in [-0.2, -0.15) is 0 Å². The lowest BCUT2D eigenvalue weighted by molar-refractivity contribution is 0.415. The molecule has 0 fully saturated rings. The van der Waals surface area contributed by atoms with Crippen molar-refractivity contribution >= 4 is 0 Å². The first-order valence-electron chi connectivity index (χ1n) is 6.58. The molecule has 0 amide bonds. The number of aromatic nitrogens is 2. The van der Waals surface area contributed by atoms with Gasteiger partial charge in [0.15, 0.2) is 0 Å². The smallest absolute Gasteiger partial charge is 0.251 e. The molecule has 1 aromatic carbocycles. The van der Waals surface area contributed by atoms with Gasteiger partial charge in [0.2, 0.25) is 0 Å². The monoisotopic (exact) mass is 272 g/mol. The molecular formula is C16H20N2O2. The van der Waals surface area contributed by atoms with Gasteiger partial charge in [0.05, 0.1) is 18.4 Å². The molecule has 0 spiro atoms. The quantitative estimate of drug-likeness (QED) is 0.914. The Bertz CT molecular complexity index is 682. The molecule has 0 radical (unpaired) electrons. The van der Waals surface area contributed by atoms with Crippen molar-refractivity contribution in [1.29, 1.82) is 0 Å². The fourth-order valence-corrected chi connectivity index (χ4v) is 1.96. The Morgan fingerprint density at radius 3 is 2.50 bits per heavy atom. The molecule has 4 nitrogen and oxygen atoms in total. The first kappa shape index (κ1) is 14.3. The van der Waals surface area contributed by atoms with Crippen molar-refractivity contribution in [3.8, 4) is 17.1 Å². The van der Waals surface area contributed by atoms with Crippen LogP contribution in [0.5, 0.6) is 5.75 Å². The van der Waals surface area contributed by atoms with Gasteiger partial charge in [-0.15, -0.1) is 0 Å². The highest BCUT2D eigenvalue weighted by Gasteiger charge is 2.18. The van der Waals surface area contributed by atoms with Crippen LogP contribution in [-0.2, 0) is 5.41 Å². The van der Waals surface area contributed by atoms with Gasteiger partial charge in [-0.05, 0) is 24.6 Å². The average Bonchev–Trinajstić information content (AvgIpc) is 2.36. The third-order valence-corrected chi connectivity index (χ3v) is 3.12. The van der Waals surface area contributed by atoms with Crippen LogP contribution >= 0.6 is 0 Å². The highest BCUT2D eigenvalue weighted by atomic mass is 16.5. The Balaban J connectivity index is 2.64. The minimum absolute atomic E-state index is 0.150. The van der Waals surface area contributed by atoms with Crippen molar-refractivity contribution in [3.05, 3.63) is 45.9 Å². The van der Waals surface area contributed by atoms with Gasteiger partial charge in [0.1, 0.15) is 11.6 Å². The van der Waals surface area contributed by atoms with Crippen LogP contribution in [0.2, 0.25) is 0 Å². The van der Waals surface area contributed by atoms with E-state index in [-0.39, 0.29) is 11.0 Å². The summed E-state index contributed by atoms with van der Waals surface area (Å²) in [5.74, 6) is 1.25. The third kappa shape index (κ3) is 2.90. The van der Waals surface area contributed by atoms with Gasteiger partial charge >= 0.3 is 0 Å². The Hall–Kier alpha value is -2.10. The number of hydrogen-bond acceptors (Lipinski definition) is 3. The zero-order valence-electron chi connectivity index (χ0n) is 12.6. The Morgan fingerprint density at radius 1 is 1.20 bits per heavy atom. The summed E-state index contributed by atoms with van der Waals surface area (Å²) < 4.78 is 5.38. The summed E-state index contributed by atoms with van der Waals surface area (Å²) in [5, 5.41) is 0. The first-order valence-corrected chi connectivity index (χ1v) is 6.58. The molecule has 0 saturated heterocycles. The van der Waals surface area contributed by atoms with Crippen LogP contribution in [0.4, 0.5) is 0 Å². The van der Waals surface area contributed by atoms with E-state index < -0.39 is 0 Å². The zero-order chi connectivity index (χ0) is 14.9. The lowest BCUT2D eigenvalue weighted by atomic mass is 9.92. The normalized spacial score (nSPS) is 11.4. The van der Waals surface area contributed by atoms with E-state index in [0.29, 0.717) is 11.6 Å². The van der Waals surface area contributed by atoms with Crippen molar-refractivity contribution < 1.29 is 4.74 Å². The Morgan fingerprint density at radius 2 is 1.90 bits per heavy atom. The van der Waals surface area contributed by atoms with E-state index in [2.05, 4.69) is 9.97 Å². The second-order valence-corrected chi connectivity index (χ2v) is 5.93. The molecule has 0 bridgehead atoms. The number of aromatic amines is 1. The van der Waals surface area contributed by atoms with Gasteiger partial charge in [-0.25, -0.2) is 4.98 Å². The molecule has 1 aromatic heterocycles. The maximum Gasteiger partial charge on any atom is 0.251 e. The predicted molar refractivity (Wildman–Crippen MR) is 80.3 cm³/mol. The molecule has 2 aromatic rings. The summed E-state index contributed by atoms with van der Waals surface area (Å²) in [4.78, 5) is 19.2. The second kappa shape index (κ2) is 5.12. The highest BCUT2D eigenvalue weighted by Crippen LogP contribution is 2.29. The summed E-state index contributed by atoms with van der Waals surface area (Å²) in [6.07, 6.45) is 0. The fourth-order valence-electron chi connectivity index (χ4n) is 1.96. The summed E-state index contributed by atoms with van der Waals surface area (Å²) in [7, 11) is 1.62. The van der Waals surface area contributed by atoms with Crippen LogP contribution in [0.3, 0.4) is 0 Å². The van der Waals surface area contributed by atoms with Crippen LogP contribution in [0, 0.1) is 6.92 Å². The van der Waals surface area contributed by atoms with E-state index >= 15 is 0 Å². The summed E-state index contributed by atoms with van der Waals surface area (Å²) in [6.45, 7) is 8.09. The summed E-state index contributed by atoms with van der Waals surface area (Å²) in [5.41, 5.74) is 2.32. The van der Waals surface area contributed by atoms with Crippen LogP contribution in [0.25, 0.3) is 11.4 Å². The van der Waals surface area contributed by atoms with E-state index in [0.717, 1.165) is 16.8 Å². The van der Waals surface area contributed by atoms with Crippen LogP contribution in [0.15, 0.2) is 29.1 Å². The van der Waals surface area contributed by atoms with Crippen molar-refractivity contribution in [3.63, 3.8) is 0 Å². The average molecular weight is 272 g/mol. The van der Waals surface area contributed by atoms with E-state index in [9.17, 15) is 4.79 Å². The molecule has 1 heterocycles. The highest BCUT2D eigenvalue weighted by molar-refractivity contribution is 5.64. The maximum absolute atomic E-state index is 11.9. The van der Waals surface area contributed by atoms with Gasteiger partial charge in [0, 0.05) is 11.5 Å². The van der Waals surface area contributed by atoms with Crippen molar-refractivity contribution in [2.45, 2.75) is 33.1 Å².